The van der Waals surface area contributed by atoms with E-state index in [1.165, 1.54) is 12.3 Å². The van der Waals surface area contributed by atoms with E-state index in [0.717, 1.165) is 38.4 Å². The molecule has 1 aliphatic rings. The minimum Gasteiger partial charge on any atom is -0.355 e. The smallest absolute Gasteiger partial charge is 0.258 e. The Kier molecular flexibility index (Phi) is 7.62. The van der Waals surface area contributed by atoms with Crippen molar-refractivity contribution in [2.75, 3.05) is 48.8 Å². The first-order chi connectivity index (χ1) is 16.4. The summed E-state index contributed by atoms with van der Waals surface area (Å²) in [6.45, 7) is 3.84. The van der Waals surface area contributed by atoms with Crippen molar-refractivity contribution in [2.24, 2.45) is 0 Å². The number of carbonyl (C=O) groups excluding carboxylic acids is 2. The molecule has 2 aromatic heterocycles. The van der Waals surface area contributed by atoms with Gasteiger partial charge < -0.3 is 20.4 Å². The fraction of sp³-hybridized carbons (Fsp3) is 0.250. The molecule has 34 heavy (non-hydrogen) atoms. The lowest BCUT2D eigenvalue weighted by Gasteiger charge is -2.21. The number of anilines is 3. The van der Waals surface area contributed by atoms with E-state index in [9.17, 15) is 9.59 Å². The van der Waals surface area contributed by atoms with Crippen LogP contribution >= 0.6 is 23.2 Å². The highest BCUT2D eigenvalue weighted by Crippen LogP contribution is 2.23. The lowest BCUT2D eigenvalue weighted by atomic mass is 10.1. The third kappa shape index (κ3) is 6.02. The summed E-state index contributed by atoms with van der Waals surface area (Å²) in [4.78, 5) is 38.8. The lowest BCUT2D eigenvalue weighted by Crippen LogP contribution is -2.29. The number of hydrogen-bond acceptors (Lipinski definition) is 6. The molecule has 176 valence electrons. The molecule has 1 aliphatic heterocycles. The number of aromatic nitrogens is 2. The second-order valence-corrected chi connectivity index (χ2v) is 8.88. The van der Waals surface area contributed by atoms with Crippen LogP contribution < -0.4 is 15.5 Å². The Hall–Kier alpha value is -3.20. The monoisotopic (exact) mass is 498 g/mol. The SMILES string of the molecule is CN1CCCN(c2ccc(C(=O)Nc3ccc(Cl)cc3C(=O)Nc3ccc(Cl)cn3)cn2)CC1. The predicted octanol–water partition coefficient (Wildman–Crippen LogP) is 4.43. The van der Waals surface area contributed by atoms with Crippen molar-refractivity contribution in [3.05, 3.63) is 76.0 Å². The van der Waals surface area contributed by atoms with Gasteiger partial charge in [0.25, 0.3) is 11.8 Å². The van der Waals surface area contributed by atoms with E-state index in [4.69, 9.17) is 23.2 Å². The van der Waals surface area contributed by atoms with Gasteiger partial charge in [-0.2, -0.15) is 0 Å². The summed E-state index contributed by atoms with van der Waals surface area (Å²) in [5.74, 6) is 0.322. The summed E-state index contributed by atoms with van der Waals surface area (Å²) in [6, 6.07) is 11.5. The number of pyridine rings is 2. The van der Waals surface area contributed by atoms with Crippen LogP contribution in [-0.4, -0.2) is 59.9 Å². The largest absolute Gasteiger partial charge is 0.355 e. The van der Waals surface area contributed by atoms with Gasteiger partial charge in [-0.3, -0.25) is 9.59 Å². The van der Waals surface area contributed by atoms with E-state index < -0.39 is 5.91 Å². The first-order valence-electron chi connectivity index (χ1n) is 10.8. The number of amides is 2. The first kappa shape index (κ1) is 23.9. The van der Waals surface area contributed by atoms with E-state index >= 15 is 0 Å². The van der Waals surface area contributed by atoms with Gasteiger partial charge in [0.2, 0.25) is 0 Å². The van der Waals surface area contributed by atoms with Crippen LogP contribution in [0.15, 0.2) is 54.9 Å². The molecule has 0 atom stereocenters. The number of halogens is 2. The summed E-state index contributed by atoms with van der Waals surface area (Å²) >= 11 is 12.0. The van der Waals surface area contributed by atoms with E-state index in [0.29, 0.717) is 27.1 Å². The molecule has 8 nitrogen and oxygen atoms in total. The molecular formula is C24H24Cl2N6O2. The van der Waals surface area contributed by atoms with Gasteiger partial charge in [0.05, 0.1) is 21.8 Å². The van der Waals surface area contributed by atoms with Crippen LogP contribution in [0.5, 0.6) is 0 Å². The van der Waals surface area contributed by atoms with Gasteiger partial charge in [-0.05, 0) is 62.5 Å². The molecule has 0 spiro atoms. The molecule has 0 radical (unpaired) electrons. The predicted molar refractivity (Wildman–Crippen MR) is 135 cm³/mol. The molecular weight excluding hydrogens is 475 g/mol. The summed E-state index contributed by atoms with van der Waals surface area (Å²) in [6.07, 6.45) is 4.04. The van der Waals surface area contributed by atoms with Crippen LogP contribution in [0.3, 0.4) is 0 Å². The van der Waals surface area contributed by atoms with E-state index in [-0.39, 0.29) is 11.5 Å². The average molecular weight is 499 g/mol. The third-order valence-electron chi connectivity index (χ3n) is 5.50. The number of hydrogen-bond donors (Lipinski definition) is 2. The molecule has 2 amide bonds. The van der Waals surface area contributed by atoms with Crippen molar-refractivity contribution in [1.29, 1.82) is 0 Å². The van der Waals surface area contributed by atoms with Crippen molar-refractivity contribution in [3.63, 3.8) is 0 Å². The van der Waals surface area contributed by atoms with Crippen LogP contribution in [0.25, 0.3) is 0 Å². The fourth-order valence-corrected chi connectivity index (χ4v) is 3.91. The minimum absolute atomic E-state index is 0.205. The van der Waals surface area contributed by atoms with Gasteiger partial charge in [-0.15, -0.1) is 0 Å². The number of rotatable bonds is 5. The van der Waals surface area contributed by atoms with Crippen molar-refractivity contribution < 1.29 is 9.59 Å². The lowest BCUT2D eigenvalue weighted by molar-refractivity contribution is 0.102. The molecule has 0 aliphatic carbocycles. The second-order valence-electron chi connectivity index (χ2n) is 8.01. The third-order valence-corrected chi connectivity index (χ3v) is 5.96. The van der Waals surface area contributed by atoms with Crippen LogP contribution in [0, 0.1) is 0 Å². The highest BCUT2D eigenvalue weighted by molar-refractivity contribution is 6.31. The van der Waals surface area contributed by atoms with E-state index in [1.807, 2.05) is 6.07 Å². The average Bonchev–Trinajstić information content (AvgIpc) is 3.06. The maximum absolute atomic E-state index is 12.9. The van der Waals surface area contributed by atoms with Crippen LogP contribution in [-0.2, 0) is 0 Å². The number of nitrogens with one attached hydrogen (secondary N) is 2. The molecule has 10 heteroatoms. The molecule has 0 saturated carbocycles. The van der Waals surface area contributed by atoms with E-state index in [1.54, 1.807) is 36.5 Å². The van der Waals surface area contributed by atoms with Crippen molar-refractivity contribution in [3.8, 4) is 0 Å². The fourth-order valence-electron chi connectivity index (χ4n) is 3.62. The van der Waals surface area contributed by atoms with E-state index in [2.05, 4.69) is 37.4 Å². The number of benzene rings is 1. The summed E-state index contributed by atoms with van der Waals surface area (Å²) in [5.41, 5.74) is 0.910. The second kappa shape index (κ2) is 10.8. The van der Waals surface area contributed by atoms with Gasteiger partial charge in [0.1, 0.15) is 11.6 Å². The van der Waals surface area contributed by atoms with Crippen molar-refractivity contribution in [2.45, 2.75) is 6.42 Å². The topological polar surface area (TPSA) is 90.5 Å². The van der Waals surface area contributed by atoms with Gasteiger partial charge in [0.15, 0.2) is 0 Å². The van der Waals surface area contributed by atoms with Crippen LogP contribution in [0.2, 0.25) is 10.0 Å². The normalized spacial score (nSPS) is 14.4. The Labute approximate surface area is 207 Å². The molecule has 0 unspecified atom stereocenters. The maximum atomic E-state index is 12.9. The molecule has 3 aromatic rings. The van der Waals surface area contributed by atoms with Crippen molar-refractivity contribution in [1.82, 2.24) is 14.9 Å². The number of likely N-dealkylation sites (N-methyl/N-ethyl adjacent to an activating group) is 1. The highest BCUT2D eigenvalue weighted by Gasteiger charge is 2.18. The van der Waals surface area contributed by atoms with Gasteiger partial charge in [0, 0.05) is 37.1 Å². The molecule has 4 rings (SSSR count). The summed E-state index contributed by atoms with van der Waals surface area (Å²) < 4.78 is 0. The summed E-state index contributed by atoms with van der Waals surface area (Å²) in [5, 5.41) is 6.28. The van der Waals surface area contributed by atoms with Crippen LogP contribution in [0.1, 0.15) is 27.1 Å². The molecule has 1 saturated heterocycles. The molecule has 1 fully saturated rings. The Morgan fingerprint density at radius 3 is 2.41 bits per heavy atom. The molecule has 1 aromatic carbocycles. The quantitative estimate of drug-likeness (QED) is 0.540. The Bertz CT molecular complexity index is 1170. The standard InChI is InChI=1S/C24H24Cl2N6O2/c1-31-9-2-10-32(12-11-31)22-8-3-16(14-28-22)23(33)29-20-6-4-17(25)13-19(20)24(34)30-21-7-5-18(26)15-27-21/h3-8,13-15H,2,9-12H2,1H3,(H,29,33)(H,27,30,34). The highest BCUT2D eigenvalue weighted by atomic mass is 35.5. The molecule has 2 N–H and O–H groups in total. The summed E-state index contributed by atoms with van der Waals surface area (Å²) in [7, 11) is 2.11. The van der Waals surface area contributed by atoms with Crippen molar-refractivity contribution >= 4 is 52.3 Å². The van der Waals surface area contributed by atoms with Gasteiger partial charge in [-0.1, -0.05) is 23.2 Å². The Morgan fingerprint density at radius 2 is 1.68 bits per heavy atom. The number of carbonyl (C=O) groups is 2. The minimum atomic E-state index is -0.466. The van der Waals surface area contributed by atoms with Gasteiger partial charge >= 0.3 is 0 Å². The number of nitrogens with zero attached hydrogens (tertiary/aromatic N) is 4. The zero-order valence-electron chi connectivity index (χ0n) is 18.6. The van der Waals surface area contributed by atoms with Gasteiger partial charge in [-0.25, -0.2) is 9.97 Å². The maximum Gasteiger partial charge on any atom is 0.258 e. The zero-order chi connectivity index (χ0) is 24.1. The molecule has 0 bridgehead atoms. The first-order valence-corrected chi connectivity index (χ1v) is 11.6. The Morgan fingerprint density at radius 1 is 0.853 bits per heavy atom. The Balaban J connectivity index is 1.47. The van der Waals surface area contributed by atoms with Crippen LogP contribution in [0.4, 0.5) is 17.3 Å². The molecule has 3 heterocycles. The zero-order valence-corrected chi connectivity index (χ0v) is 20.1.